The van der Waals surface area contributed by atoms with E-state index in [0.717, 1.165) is 5.56 Å². The number of hydrogen-bond donors (Lipinski definition) is 1. The van der Waals surface area contributed by atoms with Crippen molar-refractivity contribution in [3.63, 3.8) is 0 Å². The number of carbonyl (C=O) groups excluding carboxylic acids is 1. The van der Waals surface area contributed by atoms with Crippen molar-refractivity contribution in [2.24, 2.45) is 7.05 Å². The monoisotopic (exact) mass is 374 g/mol. The van der Waals surface area contributed by atoms with Crippen LogP contribution in [0.1, 0.15) is 10.4 Å². The van der Waals surface area contributed by atoms with Gasteiger partial charge in [-0.2, -0.15) is 0 Å². The lowest BCUT2D eigenvalue weighted by molar-refractivity contribution is 0.102. The third kappa shape index (κ3) is 3.29. The van der Waals surface area contributed by atoms with Crippen LogP contribution in [0, 0.1) is 5.82 Å². The summed E-state index contributed by atoms with van der Waals surface area (Å²) < 4.78 is 16.2. The van der Waals surface area contributed by atoms with Crippen LogP contribution >= 0.6 is 15.9 Å². The highest BCUT2D eigenvalue weighted by Crippen LogP contribution is 2.22. The number of aryl methyl sites for hydroxylation is 1. The summed E-state index contributed by atoms with van der Waals surface area (Å²) in [6, 6.07) is 11.4. The second-order valence-corrected chi connectivity index (χ2v) is 5.84. The molecule has 0 atom stereocenters. The largest absolute Gasteiger partial charge is 0.322 e. The highest BCUT2D eigenvalue weighted by atomic mass is 79.9. The highest BCUT2D eigenvalue weighted by Gasteiger charge is 2.13. The molecule has 1 amide bonds. The molecule has 2 aromatic carbocycles. The Bertz CT molecular complexity index is 878. The number of anilines is 1. The van der Waals surface area contributed by atoms with Gasteiger partial charge in [0.2, 0.25) is 0 Å². The molecule has 1 heterocycles. The van der Waals surface area contributed by atoms with Gasteiger partial charge >= 0.3 is 0 Å². The minimum atomic E-state index is -0.574. The van der Waals surface area contributed by atoms with Gasteiger partial charge in [0.25, 0.3) is 5.91 Å². The van der Waals surface area contributed by atoms with Crippen LogP contribution in [-0.2, 0) is 7.05 Å². The van der Waals surface area contributed by atoms with E-state index in [4.69, 9.17) is 0 Å². The Labute approximate surface area is 140 Å². The third-order valence-corrected chi connectivity index (χ3v) is 3.76. The predicted molar refractivity (Wildman–Crippen MR) is 88.5 cm³/mol. The molecule has 7 heteroatoms. The maximum absolute atomic E-state index is 13.8. The Morgan fingerprint density at radius 3 is 2.83 bits per heavy atom. The van der Waals surface area contributed by atoms with E-state index in [0.29, 0.717) is 16.0 Å². The van der Waals surface area contributed by atoms with Crippen LogP contribution < -0.4 is 5.32 Å². The van der Waals surface area contributed by atoms with Crippen molar-refractivity contribution < 1.29 is 9.18 Å². The Morgan fingerprint density at radius 1 is 1.26 bits per heavy atom. The Hall–Kier alpha value is -2.54. The first kappa shape index (κ1) is 15.4. The minimum Gasteiger partial charge on any atom is -0.322 e. The van der Waals surface area contributed by atoms with Crippen molar-refractivity contribution in [3.05, 3.63) is 64.6 Å². The number of amides is 1. The molecule has 1 aromatic heterocycles. The van der Waals surface area contributed by atoms with E-state index in [-0.39, 0.29) is 5.56 Å². The third-order valence-electron chi connectivity index (χ3n) is 3.26. The first-order valence-electron chi connectivity index (χ1n) is 6.75. The van der Waals surface area contributed by atoms with Crippen LogP contribution in [-0.4, -0.2) is 20.7 Å². The summed E-state index contributed by atoms with van der Waals surface area (Å²) in [6.45, 7) is 0. The van der Waals surface area contributed by atoms with Crippen LogP contribution in [0.25, 0.3) is 11.4 Å². The average molecular weight is 375 g/mol. The van der Waals surface area contributed by atoms with Crippen LogP contribution in [0.5, 0.6) is 0 Å². The summed E-state index contributed by atoms with van der Waals surface area (Å²) >= 11 is 3.23. The SMILES string of the molecule is Cn1cnnc1-c1cccc(NC(=O)c2cc(Br)ccc2F)c1. The molecule has 0 unspecified atom stereocenters. The molecule has 0 fully saturated rings. The van der Waals surface area contributed by atoms with Crippen molar-refractivity contribution in [1.29, 1.82) is 0 Å². The summed E-state index contributed by atoms with van der Waals surface area (Å²) in [4.78, 5) is 12.2. The molecule has 3 rings (SSSR count). The van der Waals surface area contributed by atoms with E-state index in [1.165, 1.54) is 12.1 Å². The fourth-order valence-corrected chi connectivity index (χ4v) is 2.51. The van der Waals surface area contributed by atoms with Gasteiger partial charge in [-0.3, -0.25) is 4.79 Å². The number of nitrogens with one attached hydrogen (secondary N) is 1. The van der Waals surface area contributed by atoms with E-state index in [2.05, 4.69) is 31.4 Å². The Kier molecular flexibility index (Phi) is 4.20. The first-order chi connectivity index (χ1) is 11.0. The maximum atomic E-state index is 13.8. The molecule has 0 saturated heterocycles. The van der Waals surface area contributed by atoms with Gasteiger partial charge in [-0.05, 0) is 30.3 Å². The number of carbonyl (C=O) groups is 1. The molecule has 3 aromatic rings. The normalized spacial score (nSPS) is 10.6. The van der Waals surface area contributed by atoms with Crippen molar-refractivity contribution in [2.45, 2.75) is 0 Å². The van der Waals surface area contributed by atoms with Crippen molar-refractivity contribution >= 4 is 27.5 Å². The first-order valence-corrected chi connectivity index (χ1v) is 7.55. The molecular weight excluding hydrogens is 363 g/mol. The average Bonchev–Trinajstić information content (AvgIpc) is 2.96. The summed E-state index contributed by atoms with van der Waals surface area (Å²) in [5.41, 5.74) is 1.33. The number of rotatable bonds is 3. The Balaban J connectivity index is 1.87. The smallest absolute Gasteiger partial charge is 0.258 e. The predicted octanol–water partition coefficient (Wildman–Crippen LogP) is 3.64. The summed E-state index contributed by atoms with van der Waals surface area (Å²) in [7, 11) is 1.83. The Morgan fingerprint density at radius 2 is 2.09 bits per heavy atom. The van der Waals surface area contributed by atoms with Gasteiger partial charge in [0.15, 0.2) is 5.82 Å². The number of hydrogen-bond acceptors (Lipinski definition) is 3. The standard InChI is InChI=1S/C16H12BrFN4O/c1-22-9-19-21-15(22)10-3-2-4-12(7-10)20-16(23)13-8-11(17)5-6-14(13)18/h2-9H,1H3,(H,20,23). The second-order valence-electron chi connectivity index (χ2n) is 4.92. The van der Waals surface area contributed by atoms with Gasteiger partial charge < -0.3 is 9.88 Å². The zero-order valence-electron chi connectivity index (χ0n) is 12.1. The minimum absolute atomic E-state index is 0.0246. The summed E-state index contributed by atoms with van der Waals surface area (Å²) in [5.74, 6) is -0.413. The topological polar surface area (TPSA) is 59.8 Å². The van der Waals surface area contributed by atoms with Gasteiger partial charge in [0, 0.05) is 22.8 Å². The number of nitrogens with zero attached hydrogens (tertiary/aromatic N) is 3. The van der Waals surface area contributed by atoms with Crippen LogP contribution in [0.4, 0.5) is 10.1 Å². The molecule has 1 N–H and O–H groups in total. The molecule has 23 heavy (non-hydrogen) atoms. The van der Waals surface area contributed by atoms with E-state index in [1.807, 2.05) is 13.1 Å². The van der Waals surface area contributed by atoms with Gasteiger partial charge in [0.05, 0.1) is 5.56 Å². The molecule has 0 bridgehead atoms. The fourth-order valence-electron chi connectivity index (χ4n) is 2.15. The molecule has 0 spiro atoms. The molecule has 0 aliphatic rings. The van der Waals surface area contributed by atoms with Gasteiger partial charge in [-0.25, -0.2) is 4.39 Å². The lowest BCUT2D eigenvalue weighted by Gasteiger charge is -2.08. The van der Waals surface area contributed by atoms with Gasteiger partial charge in [0.1, 0.15) is 12.1 Å². The molecular formula is C16H12BrFN4O. The quantitative estimate of drug-likeness (QED) is 0.761. The van der Waals surface area contributed by atoms with E-state index < -0.39 is 11.7 Å². The van der Waals surface area contributed by atoms with E-state index in [1.54, 1.807) is 35.2 Å². The zero-order chi connectivity index (χ0) is 16.4. The van der Waals surface area contributed by atoms with Crippen molar-refractivity contribution in [1.82, 2.24) is 14.8 Å². The van der Waals surface area contributed by atoms with Crippen LogP contribution in [0.15, 0.2) is 53.3 Å². The second kappa shape index (κ2) is 6.29. The lowest BCUT2D eigenvalue weighted by Crippen LogP contribution is -2.13. The lowest BCUT2D eigenvalue weighted by atomic mass is 10.1. The van der Waals surface area contributed by atoms with Crippen molar-refractivity contribution in [2.75, 3.05) is 5.32 Å². The summed E-state index contributed by atoms with van der Waals surface area (Å²) in [6.07, 6.45) is 1.59. The molecule has 5 nitrogen and oxygen atoms in total. The number of benzene rings is 2. The van der Waals surface area contributed by atoms with E-state index >= 15 is 0 Å². The van der Waals surface area contributed by atoms with Crippen LogP contribution in [0.2, 0.25) is 0 Å². The molecule has 116 valence electrons. The molecule has 0 aliphatic heterocycles. The fraction of sp³-hybridized carbons (Fsp3) is 0.0625. The summed E-state index contributed by atoms with van der Waals surface area (Å²) in [5, 5.41) is 10.5. The van der Waals surface area contributed by atoms with E-state index in [9.17, 15) is 9.18 Å². The highest BCUT2D eigenvalue weighted by molar-refractivity contribution is 9.10. The molecule has 0 aliphatic carbocycles. The zero-order valence-corrected chi connectivity index (χ0v) is 13.7. The number of aromatic nitrogens is 3. The molecule has 0 saturated carbocycles. The van der Waals surface area contributed by atoms with Gasteiger partial charge in [-0.15, -0.1) is 10.2 Å². The van der Waals surface area contributed by atoms with Crippen molar-refractivity contribution in [3.8, 4) is 11.4 Å². The number of halogens is 2. The van der Waals surface area contributed by atoms with Crippen LogP contribution in [0.3, 0.4) is 0 Å². The maximum Gasteiger partial charge on any atom is 0.258 e. The molecule has 0 radical (unpaired) electrons. The van der Waals surface area contributed by atoms with Gasteiger partial charge in [-0.1, -0.05) is 28.1 Å².